The molecule has 7 heteroatoms. The van der Waals surface area contributed by atoms with Gasteiger partial charge in [0, 0.05) is 32.1 Å². The Labute approximate surface area is 182 Å². The SMILES string of the molecule is CCC(CC)C(=O)N1CCCN(c2nc3c(s2)c(C)nn3-c2cccc(C)c2)CC1. The highest BCUT2D eigenvalue weighted by molar-refractivity contribution is 7.22. The molecule has 30 heavy (non-hydrogen) atoms. The first-order chi connectivity index (χ1) is 14.5. The lowest BCUT2D eigenvalue weighted by atomic mass is 10.0. The second-order valence-corrected chi connectivity index (χ2v) is 9.14. The smallest absolute Gasteiger partial charge is 0.225 e. The minimum Gasteiger partial charge on any atom is -0.346 e. The summed E-state index contributed by atoms with van der Waals surface area (Å²) < 4.78 is 3.10. The highest BCUT2D eigenvalue weighted by Gasteiger charge is 2.26. The molecule has 0 unspecified atom stereocenters. The third-order valence-corrected chi connectivity index (χ3v) is 7.25. The predicted octanol–water partition coefficient (Wildman–Crippen LogP) is 4.57. The summed E-state index contributed by atoms with van der Waals surface area (Å²) in [6.07, 6.45) is 2.81. The Bertz CT molecular complexity index is 1040. The second-order valence-electron chi connectivity index (χ2n) is 8.16. The van der Waals surface area contributed by atoms with Gasteiger partial charge in [-0.25, -0.2) is 4.68 Å². The van der Waals surface area contributed by atoms with Crippen LogP contribution in [0.2, 0.25) is 0 Å². The van der Waals surface area contributed by atoms with Crippen LogP contribution in [-0.2, 0) is 4.79 Å². The quantitative estimate of drug-likeness (QED) is 0.601. The Morgan fingerprint density at radius 1 is 1.13 bits per heavy atom. The Hall–Kier alpha value is -2.41. The molecular formula is C23H31N5OS. The van der Waals surface area contributed by atoms with Gasteiger partial charge in [-0.2, -0.15) is 10.1 Å². The van der Waals surface area contributed by atoms with E-state index in [9.17, 15) is 4.79 Å². The van der Waals surface area contributed by atoms with Crippen molar-refractivity contribution in [3.05, 3.63) is 35.5 Å². The maximum atomic E-state index is 12.8. The molecule has 1 saturated heterocycles. The summed E-state index contributed by atoms with van der Waals surface area (Å²) in [5.41, 5.74) is 4.18. The maximum Gasteiger partial charge on any atom is 0.225 e. The molecule has 0 N–H and O–H groups in total. The van der Waals surface area contributed by atoms with Crippen molar-refractivity contribution in [2.75, 3.05) is 31.1 Å². The number of aromatic nitrogens is 3. The van der Waals surface area contributed by atoms with Gasteiger partial charge in [0.05, 0.1) is 16.1 Å². The molecule has 1 amide bonds. The molecule has 4 rings (SSSR count). The van der Waals surface area contributed by atoms with Crippen molar-refractivity contribution in [1.29, 1.82) is 0 Å². The highest BCUT2D eigenvalue weighted by atomic mass is 32.1. The molecule has 1 fully saturated rings. The molecule has 3 aromatic rings. The normalized spacial score (nSPS) is 15.2. The van der Waals surface area contributed by atoms with Crippen LogP contribution in [0.3, 0.4) is 0 Å². The number of benzene rings is 1. The number of aryl methyl sites for hydroxylation is 2. The van der Waals surface area contributed by atoms with Crippen molar-refractivity contribution in [2.24, 2.45) is 5.92 Å². The molecule has 1 aliphatic heterocycles. The van der Waals surface area contributed by atoms with Crippen molar-refractivity contribution in [3.8, 4) is 5.69 Å². The van der Waals surface area contributed by atoms with Crippen LogP contribution in [0.5, 0.6) is 0 Å². The minimum atomic E-state index is 0.155. The van der Waals surface area contributed by atoms with Crippen molar-refractivity contribution in [1.82, 2.24) is 19.7 Å². The molecule has 3 heterocycles. The van der Waals surface area contributed by atoms with Crippen molar-refractivity contribution >= 4 is 32.7 Å². The van der Waals surface area contributed by atoms with Gasteiger partial charge in [-0.15, -0.1) is 0 Å². The zero-order valence-corrected chi connectivity index (χ0v) is 19.2. The number of carbonyl (C=O) groups excluding carboxylic acids is 1. The number of fused-ring (bicyclic) bond motifs is 1. The average Bonchev–Trinajstić information content (AvgIpc) is 3.20. The Balaban J connectivity index is 1.57. The monoisotopic (exact) mass is 425 g/mol. The van der Waals surface area contributed by atoms with E-state index in [1.165, 1.54) is 5.56 Å². The van der Waals surface area contributed by atoms with Gasteiger partial charge in [-0.05, 0) is 50.8 Å². The molecule has 0 spiro atoms. The fraction of sp³-hybridized carbons (Fsp3) is 0.522. The predicted molar refractivity (Wildman–Crippen MR) is 124 cm³/mol. The summed E-state index contributed by atoms with van der Waals surface area (Å²) in [5.74, 6) is 0.471. The topological polar surface area (TPSA) is 54.3 Å². The zero-order chi connectivity index (χ0) is 21.3. The van der Waals surface area contributed by atoms with E-state index in [1.807, 2.05) is 4.68 Å². The summed E-state index contributed by atoms with van der Waals surface area (Å²) in [6, 6.07) is 8.36. The van der Waals surface area contributed by atoms with E-state index in [4.69, 9.17) is 10.1 Å². The molecule has 0 saturated carbocycles. The van der Waals surface area contributed by atoms with Gasteiger partial charge < -0.3 is 9.80 Å². The minimum absolute atomic E-state index is 0.155. The van der Waals surface area contributed by atoms with E-state index in [-0.39, 0.29) is 5.92 Å². The second kappa shape index (κ2) is 8.76. The third-order valence-electron chi connectivity index (χ3n) is 6.04. The average molecular weight is 426 g/mol. The molecule has 0 radical (unpaired) electrons. The summed E-state index contributed by atoms with van der Waals surface area (Å²) in [5, 5.41) is 5.76. The maximum absolute atomic E-state index is 12.8. The first-order valence-electron chi connectivity index (χ1n) is 11.0. The molecule has 2 aromatic heterocycles. The first kappa shape index (κ1) is 20.8. The molecule has 6 nitrogen and oxygen atoms in total. The van der Waals surface area contributed by atoms with Crippen LogP contribution in [0.4, 0.5) is 5.13 Å². The van der Waals surface area contributed by atoms with Crippen LogP contribution in [0.1, 0.15) is 44.4 Å². The first-order valence-corrected chi connectivity index (χ1v) is 11.8. The molecule has 0 atom stereocenters. The van der Waals surface area contributed by atoms with E-state index < -0.39 is 0 Å². The number of carbonyl (C=O) groups is 1. The summed E-state index contributed by atoms with van der Waals surface area (Å²) >= 11 is 1.71. The lowest BCUT2D eigenvalue weighted by Crippen LogP contribution is -2.38. The third kappa shape index (κ3) is 3.95. The standard InChI is InChI=1S/C23H31N5OS/c1-5-18(6-2)22(29)26-11-8-12-27(14-13-26)23-24-21-20(30-23)17(4)25-28(21)19-10-7-9-16(3)15-19/h7,9-10,15,18H,5-6,8,11-14H2,1-4H3. The number of anilines is 1. The van der Waals surface area contributed by atoms with Crippen LogP contribution < -0.4 is 4.90 Å². The molecular weight excluding hydrogens is 394 g/mol. The largest absolute Gasteiger partial charge is 0.346 e. The van der Waals surface area contributed by atoms with Crippen LogP contribution in [0.25, 0.3) is 16.0 Å². The molecule has 0 aliphatic carbocycles. The van der Waals surface area contributed by atoms with Crippen LogP contribution >= 0.6 is 11.3 Å². The van der Waals surface area contributed by atoms with E-state index in [2.05, 4.69) is 61.8 Å². The summed E-state index contributed by atoms with van der Waals surface area (Å²) in [7, 11) is 0. The number of amides is 1. The number of rotatable bonds is 5. The zero-order valence-electron chi connectivity index (χ0n) is 18.4. The highest BCUT2D eigenvalue weighted by Crippen LogP contribution is 2.33. The lowest BCUT2D eigenvalue weighted by Gasteiger charge is -2.25. The van der Waals surface area contributed by atoms with E-state index in [0.29, 0.717) is 5.91 Å². The van der Waals surface area contributed by atoms with Crippen LogP contribution in [0.15, 0.2) is 24.3 Å². The number of hydrogen-bond donors (Lipinski definition) is 0. The molecule has 0 bridgehead atoms. The lowest BCUT2D eigenvalue weighted by molar-refractivity contribution is -0.135. The van der Waals surface area contributed by atoms with Gasteiger partial charge in [0.25, 0.3) is 0 Å². The Kier molecular flexibility index (Phi) is 6.09. The van der Waals surface area contributed by atoms with Crippen LogP contribution in [-0.4, -0.2) is 51.8 Å². The van der Waals surface area contributed by atoms with Gasteiger partial charge in [0.2, 0.25) is 5.91 Å². The number of hydrogen-bond acceptors (Lipinski definition) is 5. The van der Waals surface area contributed by atoms with E-state index >= 15 is 0 Å². The fourth-order valence-electron chi connectivity index (χ4n) is 4.22. The van der Waals surface area contributed by atoms with Crippen molar-refractivity contribution in [3.63, 3.8) is 0 Å². The van der Waals surface area contributed by atoms with Gasteiger partial charge in [-0.1, -0.05) is 37.3 Å². The fourth-order valence-corrected chi connectivity index (χ4v) is 5.26. The van der Waals surface area contributed by atoms with Gasteiger partial charge in [-0.3, -0.25) is 4.79 Å². The van der Waals surface area contributed by atoms with Gasteiger partial charge in [0.1, 0.15) is 0 Å². The molecule has 1 aliphatic rings. The Morgan fingerprint density at radius 2 is 1.93 bits per heavy atom. The van der Waals surface area contributed by atoms with E-state index in [1.54, 1.807) is 11.3 Å². The molecule has 1 aromatic carbocycles. The van der Waals surface area contributed by atoms with Crippen molar-refractivity contribution in [2.45, 2.75) is 47.0 Å². The number of thiazole rings is 1. The summed E-state index contributed by atoms with van der Waals surface area (Å²) in [6.45, 7) is 11.7. The van der Waals surface area contributed by atoms with E-state index in [0.717, 1.165) is 72.3 Å². The van der Waals surface area contributed by atoms with Gasteiger partial charge >= 0.3 is 0 Å². The number of nitrogens with zero attached hydrogens (tertiary/aromatic N) is 5. The van der Waals surface area contributed by atoms with Crippen LogP contribution in [0, 0.1) is 19.8 Å². The Morgan fingerprint density at radius 3 is 2.67 bits per heavy atom. The summed E-state index contributed by atoms with van der Waals surface area (Å²) in [4.78, 5) is 22.2. The van der Waals surface area contributed by atoms with Crippen molar-refractivity contribution < 1.29 is 4.79 Å². The van der Waals surface area contributed by atoms with Gasteiger partial charge in [0.15, 0.2) is 10.8 Å². The molecule has 160 valence electrons.